The summed E-state index contributed by atoms with van der Waals surface area (Å²) in [7, 11) is 0. The second kappa shape index (κ2) is 4.81. The smallest absolute Gasteiger partial charge is 0.00787 e. The first kappa shape index (κ1) is 11.3. The van der Waals surface area contributed by atoms with Crippen LogP contribution in [0.1, 0.15) is 49.1 Å². The summed E-state index contributed by atoms with van der Waals surface area (Å²) in [5.41, 5.74) is 2.94. The van der Waals surface area contributed by atoms with Gasteiger partial charge in [-0.15, -0.1) is 0 Å². The topological polar surface area (TPSA) is 12.0 Å². The Morgan fingerprint density at radius 2 is 2.06 bits per heavy atom. The molecule has 0 radical (unpaired) electrons. The van der Waals surface area contributed by atoms with Gasteiger partial charge in [0.05, 0.1) is 0 Å². The molecule has 0 atom stereocenters. The van der Waals surface area contributed by atoms with Gasteiger partial charge in [0.15, 0.2) is 0 Å². The molecule has 1 heteroatoms. The molecule has 2 saturated carbocycles. The highest BCUT2D eigenvalue weighted by Crippen LogP contribution is 2.37. The fourth-order valence-electron chi connectivity index (χ4n) is 2.88. The summed E-state index contributed by atoms with van der Waals surface area (Å²) in [6, 6.07) is 9.81. The highest BCUT2D eigenvalue weighted by molar-refractivity contribution is 5.27. The van der Waals surface area contributed by atoms with Crippen LogP contribution in [0, 0.1) is 12.8 Å². The molecule has 0 amide bonds. The summed E-state index contributed by atoms with van der Waals surface area (Å²) in [4.78, 5) is 0. The van der Waals surface area contributed by atoms with Gasteiger partial charge in [0.2, 0.25) is 0 Å². The normalized spacial score (nSPS) is 27.8. The second-order valence-electron chi connectivity index (χ2n) is 5.97. The van der Waals surface area contributed by atoms with Crippen molar-refractivity contribution in [2.45, 2.75) is 51.0 Å². The van der Waals surface area contributed by atoms with Crippen molar-refractivity contribution >= 4 is 0 Å². The molecule has 2 aliphatic rings. The molecule has 0 unspecified atom stereocenters. The van der Waals surface area contributed by atoms with Crippen molar-refractivity contribution in [2.75, 3.05) is 6.54 Å². The third-order valence-electron chi connectivity index (χ3n) is 4.33. The van der Waals surface area contributed by atoms with Gasteiger partial charge in [0.1, 0.15) is 0 Å². The van der Waals surface area contributed by atoms with Crippen LogP contribution in [0.25, 0.3) is 0 Å². The van der Waals surface area contributed by atoms with Crippen LogP contribution in [0.4, 0.5) is 0 Å². The molecule has 0 bridgehead atoms. The maximum atomic E-state index is 3.70. The van der Waals surface area contributed by atoms with Crippen molar-refractivity contribution in [1.82, 2.24) is 5.32 Å². The van der Waals surface area contributed by atoms with E-state index in [4.69, 9.17) is 0 Å². The zero-order valence-corrected chi connectivity index (χ0v) is 10.8. The Morgan fingerprint density at radius 1 is 1.24 bits per heavy atom. The van der Waals surface area contributed by atoms with E-state index in [0.29, 0.717) is 0 Å². The molecule has 0 saturated heterocycles. The second-order valence-corrected chi connectivity index (χ2v) is 5.97. The highest BCUT2D eigenvalue weighted by Gasteiger charge is 2.30. The van der Waals surface area contributed by atoms with Gasteiger partial charge in [-0.25, -0.2) is 0 Å². The Balaban J connectivity index is 1.41. The van der Waals surface area contributed by atoms with E-state index in [-0.39, 0.29) is 0 Å². The lowest BCUT2D eigenvalue weighted by atomic mass is 9.75. The molecule has 3 rings (SSSR count). The molecule has 1 aromatic carbocycles. The lowest BCUT2D eigenvalue weighted by Crippen LogP contribution is -2.40. The van der Waals surface area contributed by atoms with Crippen LogP contribution in [0.15, 0.2) is 24.3 Å². The first-order valence-electron chi connectivity index (χ1n) is 7.11. The van der Waals surface area contributed by atoms with Crippen molar-refractivity contribution in [3.63, 3.8) is 0 Å². The molecule has 0 heterocycles. The summed E-state index contributed by atoms with van der Waals surface area (Å²) in [5, 5.41) is 3.70. The first-order chi connectivity index (χ1) is 8.31. The Labute approximate surface area is 105 Å². The number of hydrogen-bond donors (Lipinski definition) is 1. The average molecular weight is 229 g/mol. The van der Waals surface area contributed by atoms with Gasteiger partial charge >= 0.3 is 0 Å². The lowest BCUT2D eigenvalue weighted by Gasteiger charge is -2.36. The average Bonchev–Trinajstić information content (AvgIpc) is 3.05. The molecule has 1 N–H and O–H groups in total. The summed E-state index contributed by atoms with van der Waals surface area (Å²) in [6.45, 7) is 3.43. The Hall–Kier alpha value is -0.820. The highest BCUT2D eigenvalue weighted by atomic mass is 14.9. The van der Waals surface area contributed by atoms with Gasteiger partial charge in [-0.3, -0.25) is 0 Å². The fraction of sp³-hybridized carbons (Fsp3) is 0.625. The van der Waals surface area contributed by atoms with E-state index in [1.54, 1.807) is 5.56 Å². The standard InChI is InChI=1S/C16H23N/c1-12-3-2-4-14(9-12)15-10-16(11-15)17-8-7-13-5-6-13/h2-4,9,13,15-17H,5-8,10-11H2,1H3. The summed E-state index contributed by atoms with van der Waals surface area (Å²) in [5.74, 6) is 1.88. The molecule has 2 aliphatic carbocycles. The molecule has 1 nitrogen and oxygen atoms in total. The number of aryl methyl sites for hydroxylation is 1. The van der Waals surface area contributed by atoms with E-state index in [1.807, 2.05) is 0 Å². The van der Waals surface area contributed by atoms with E-state index < -0.39 is 0 Å². The zero-order chi connectivity index (χ0) is 11.7. The molecule has 0 spiro atoms. The van der Waals surface area contributed by atoms with Crippen molar-refractivity contribution in [1.29, 1.82) is 0 Å². The minimum atomic E-state index is 0.791. The van der Waals surface area contributed by atoms with Crippen molar-refractivity contribution in [2.24, 2.45) is 5.92 Å². The fourth-order valence-corrected chi connectivity index (χ4v) is 2.88. The van der Waals surface area contributed by atoms with Gasteiger partial charge < -0.3 is 5.32 Å². The van der Waals surface area contributed by atoms with Gasteiger partial charge in [0, 0.05) is 6.04 Å². The monoisotopic (exact) mass is 229 g/mol. The number of nitrogens with one attached hydrogen (secondary N) is 1. The van der Waals surface area contributed by atoms with Crippen LogP contribution < -0.4 is 5.32 Å². The molecule has 0 aliphatic heterocycles. The third kappa shape index (κ3) is 2.90. The molecule has 17 heavy (non-hydrogen) atoms. The van der Waals surface area contributed by atoms with Crippen LogP contribution in [-0.4, -0.2) is 12.6 Å². The van der Waals surface area contributed by atoms with E-state index in [2.05, 4.69) is 36.5 Å². The van der Waals surface area contributed by atoms with E-state index >= 15 is 0 Å². The van der Waals surface area contributed by atoms with E-state index in [9.17, 15) is 0 Å². The number of rotatable bonds is 5. The van der Waals surface area contributed by atoms with Crippen molar-refractivity contribution in [3.05, 3.63) is 35.4 Å². The Bertz CT molecular complexity index is 375. The molecular formula is C16H23N. The maximum Gasteiger partial charge on any atom is 0.00787 e. The SMILES string of the molecule is Cc1cccc(C2CC(NCCC3CC3)C2)c1. The van der Waals surface area contributed by atoms with E-state index in [0.717, 1.165) is 17.9 Å². The quantitative estimate of drug-likeness (QED) is 0.813. The number of benzene rings is 1. The first-order valence-corrected chi connectivity index (χ1v) is 7.11. The van der Waals surface area contributed by atoms with Crippen LogP contribution in [0.5, 0.6) is 0 Å². The largest absolute Gasteiger partial charge is 0.314 e. The van der Waals surface area contributed by atoms with Gasteiger partial charge in [-0.2, -0.15) is 0 Å². The number of hydrogen-bond acceptors (Lipinski definition) is 1. The molecule has 1 aromatic rings. The minimum Gasteiger partial charge on any atom is -0.314 e. The predicted octanol–water partition coefficient (Wildman–Crippen LogP) is 3.63. The lowest BCUT2D eigenvalue weighted by molar-refractivity contribution is 0.289. The third-order valence-corrected chi connectivity index (χ3v) is 4.33. The predicted molar refractivity (Wildman–Crippen MR) is 72.3 cm³/mol. The van der Waals surface area contributed by atoms with Crippen molar-refractivity contribution < 1.29 is 0 Å². The van der Waals surface area contributed by atoms with E-state index in [1.165, 1.54) is 44.2 Å². The molecular weight excluding hydrogens is 206 g/mol. The van der Waals surface area contributed by atoms with Crippen LogP contribution >= 0.6 is 0 Å². The van der Waals surface area contributed by atoms with Gasteiger partial charge in [0.25, 0.3) is 0 Å². The summed E-state index contributed by atoms with van der Waals surface area (Å²) in [6.07, 6.45) is 7.06. The zero-order valence-electron chi connectivity index (χ0n) is 10.8. The van der Waals surface area contributed by atoms with Crippen LogP contribution in [0.2, 0.25) is 0 Å². The Morgan fingerprint density at radius 3 is 2.76 bits per heavy atom. The van der Waals surface area contributed by atoms with Crippen LogP contribution in [-0.2, 0) is 0 Å². The molecule has 0 aromatic heterocycles. The molecule has 2 fully saturated rings. The maximum absolute atomic E-state index is 3.70. The van der Waals surface area contributed by atoms with Gasteiger partial charge in [-0.1, -0.05) is 42.7 Å². The van der Waals surface area contributed by atoms with Crippen LogP contribution in [0.3, 0.4) is 0 Å². The van der Waals surface area contributed by atoms with Crippen molar-refractivity contribution in [3.8, 4) is 0 Å². The van der Waals surface area contributed by atoms with Gasteiger partial charge in [-0.05, 0) is 50.1 Å². The Kier molecular flexibility index (Phi) is 3.19. The molecule has 92 valence electrons. The minimum absolute atomic E-state index is 0.791. The summed E-state index contributed by atoms with van der Waals surface area (Å²) < 4.78 is 0. The summed E-state index contributed by atoms with van der Waals surface area (Å²) >= 11 is 0.